The first-order chi connectivity index (χ1) is 50.5. The summed E-state index contributed by atoms with van der Waals surface area (Å²) in [6.45, 7) is 0. The monoisotopic (exact) mass is 1310 g/mol. The molecule has 0 aliphatic rings. The molecule has 0 spiro atoms. The fourth-order valence-corrected chi connectivity index (χ4v) is 15.6. The Bertz CT molecular complexity index is 7190. The molecule has 0 amide bonds. The van der Waals surface area contributed by atoms with Crippen molar-refractivity contribution in [3.63, 3.8) is 0 Å². The van der Waals surface area contributed by atoms with Crippen molar-refractivity contribution in [3.8, 4) is 90.8 Å². The van der Waals surface area contributed by atoms with E-state index in [0.29, 0.717) is 57.5 Å². The second-order valence-electron chi connectivity index (χ2n) is 26.0. The van der Waals surface area contributed by atoms with Crippen LogP contribution in [0.15, 0.2) is 321 Å². The number of furan rings is 4. The molecule has 0 saturated carbocycles. The molecule has 12 heteroatoms. The maximum absolute atomic E-state index is 7.35. The normalized spacial score (nSPS) is 12.1. The molecule has 22 aromatic rings. The van der Waals surface area contributed by atoms with E-state index in [0.717, 1.165) is 165 Å². The summed E-state index contributed by atoms with van der Waals surface area (Å²) in [6, 6.07) is 105. The first-order valence-electron chi connectivity index (χ1n) is 34.0. The van der Waals surface area contributed by atoms with Crippen LogP contribution >= 0.6 is 0 Å². The van der Waals surface area contributed by atoms with Crippen molar-refractivity contribution in [1.82, 2.24) is 39.0 Å². The molecule has 0 saturated heterocycles. The summed E-state index contributed by atoms with van der Waals surface area (Å²) in [4.78, 5) is 32.5. The lowest BCUT2D eigenvalue weighted by molar-refractivity contribution is 0.668. The van der Waals surface area contributed by atoms with E-state index in [4.69, 9.17) is 47.6 Å². The summed E-state index contributed by atoms with van der Waals surface area (Å²) in [6.07, 6.45) is 0. The standard InChI is InChI=1S/C90H50N8O4/c1-2-18-51(19-3-1)85-91-88(96-89(93-85)97-72-30-10-4-22-59(72)60-23-5-11-31-73(60)97)70-44-43-58(82-68-42-38-55(50-81(68)102-84(70)82)54-36-40-65-63-26-8-14-34-76(63)100-79(65)48-54)56-20-16-21-57(46-56)86-92-87(95-90(94-86)98-74-32-12-6-24-61(74)62-25-7-13-33-75(62)98)69-29-17-28-67-66-41-37-53(49-80(66)101-83(67)69)52-39-45-78-71(47-52)64-27-9-15-35-77(64)99-78/h1-50H. The number of aromatic nitrogens is 8. The molecule has 0 bridgehead atoms. The smallest absolute Gasteiger partial charge is 0.238 e. The number of para-hydroxylation sites is 7. The molecule has 0 atom stereocenters. The highest BCUT2D eigenvalue weighted by molar-refractivity contribution is 6.18. The van der Waals surface area contributed by atoms with Crippen molar-refractivity contribution in [3.05, 3.63) is 303 Å². The van der Waals surface area contributed by atoms with Crippen molar-refractivity contribution in [1.29, 1.82) is 0 Å². The molecule has 102 heavy (non-hydrogen) atoms. The molecule has 0 aliphatic heterocycles. The average Bonchev–Trinajstić information content (AvgIpc) is 1.57. The summed E-state index contributed by atoms with van der Waals surface area (Å²) >= 11 is 0. The van der Waals surface area contributed by atoms with Crippen molar-refractivity contribution in [2.45, 2.75) is 0 Å². The van der Waals surface area contributed by atoms with Crippen LogP contribution in [0.1, 0.15) is 0 Å². The van der Waals surface area contributed by atoms with E-state index in [1.54, 1.807) is 0 Å². The molecule has 22 rings (SSSR count). The van der Waals surface area contributed by atoms with Gasteiger partial charge in [0, 0.05) is 75.8 Å². The minimum Gasteiger partial charge on any atom is -0.456 e. The molecule has 14 aromatic carbocycles. The number of hydrogen-bond acceptors (Lipinski definition) is 10. The predicted octanol–water partition coefficient (Wildman–Crippen LogP) is 23.5. The largest absolute Gasteiger partial charge is 0.456 e. The van der Waals surface area contributed by atoms with E-state index in [1.165, 1.54) is 0 Å². The first-order valence-corrected chi connectivity index (χ1v) is 34.0. The highest BCUT2D eigenvalue weighted by Gasteiger charge is 2.26. The van der Waals surface area contributed by atoms with Crippen molar-refractivity contribution >= 4 is 131 Å². The van der Waals surface area contributed by atoms with Gasteiger partial charge in [0.2, 0.25) is 11.9 Å². The predicted molar refractivity (Wildman–Crippen MR) is 409 cm³/mol. The quantitative estimate of drug-likeness (QED) is 0.137. The molecule has 12 nitrogen and oxygen atoms in total. The highest BCUT2D eigenvalue weighted by atomic mass is 16.3. The van der Waals surface area contributed by atoms with Crippen molar-refractivity contribution in [2.24, 2.45) is 0 Å². The van der Waals surface area contributed by atoms with E-state index in [9.17, 15) is 0 Å². The second kappa shape index (κ2) is 21.7. The summed E-state index contributed by atoms with van der Waals surface area (Å²) in [5.41, 5.74) is 18.9. The molecule has 0 radical (unpaired) electrons. The Balaban J connectivity index is 0.738. The van der Waals surface area contributed by atoms with Gasteiger partial charge in [-0.1, -0.05) is 200 Å². The molecule has 8 heterocycles. The maximum atomic E-state index is 7.35. The number of benzene rings is 14. The van der Waals surface area contributed by atoms with Crippen LogP contribution < -0.4 is 0 Å². The third kappa shape index (κ3) is 8.56. The number of fused-ring (bicyclic) bond motifs is 18. The van der Waals surface area contributed by atoms with Gasteiger partial charge in [0.15, 0.2) is 23.3 Å². The van der Waals surface area contributed by atoms with Crippen LogP contribution in [0.5, 0.6) is 0 Å². The van der Waals surface area contributed by atoms with Crippen molar-refractivity contribution < 1.29 is 17.7 Å². The van der Waals surface area contributed by atoms with Crippen LogP contribution in [0.3, 0.4) is 0 Å². The van der Waals surface area contributed by atoms with Crippen LogP contribution in [0.2, 0.25) is 0 Å². The molecule has 0 unspecified atom stereocenters. The third-order valence-electron chi connectivity index (χ3n) is 20.3. The lowest BCUT2D eigenvalue weighted by Gasteiger charge is -2.13. The minimum absolute atomic E-state index is 0.456. The zero-order valence-corrected chi connectivity index (χ0v) is 54.1. The lowest BCUT2D eigenvalue weighted by atomic mass is 9.95. The second-order valence-corrected chi connectivity index (χ2v) is 26.0. The van der Waals surface area contributed by atoms with Crippen LogP contribution in [0, 0.1) is 0 Å². The Labute approximate surface area is 578 Å². The van der Waals surface area contributed by atoms with Gasteiger partial charge in [-0.2, -0.15) is 19.9 Å². The van der Waals surface area contributed by atoms with Gasteiger partial charge in [0.1, 0.15) is 44.7 Å². The van der Waals surface area contributed by atoms with E-state index in [2.05, 4.69) is 240 Å². The van der Waals surface area contributed by atoms with E-state index >= 15 is 0 Å². The Morgan fingerprint density at radius 1 is 0.196 bits per heavy atom. The van der Waals surface area contributed by atoms with Gasteiger partial charge in [0.05, 0.1) is 33.2 Å². The average molecular weight is 1310 g/mol. The fraction of sp³-hybridized carbons (Fsp3) is 0. The summed E-state index contributed by atoms with van der Waals surface area (Å²) in [5.74, 6) is 2.86. The molecular weight excluding hydrogens is 1260 g/mol. The van der Waals surface area contributed by atoms with Gasteiger partial charge in [-0.05, 0) is 137 Å². The van der Waals surface area contributed by atoms with Gasteiger partial charge in [-0.15, -0.1) is 0 Å². The first kappa shape index (κ1) is 56.0. The van der Waals surface area contributed by atoms with Crippen LogP contribution in [-0.2, 0) is 0 Å². The molecule has 8 aromatic heterocycles. The Hall–Kier alpha value is -14.1. The van der Waals surface area contributed by atoms with E-state index < -0.39 is 0 Å². The zero-order chi connectivity index (χ0) is 66.7. The van der Waals surface area contributed by atoms with Gasteiger partial charge in [-0.3, -0.25) is 9.13 Å². The van der Waals surface area contributed by atoms with E-state index in [1.807, 2.05) is 72.8 Å². The SMILES string of the molecule is c1ccc(-c2nc(-c3ccc(-c4cccc(-c5nc(-c6cccc7c6oc6cc(-c8ccc9oc%10ccccc%10c9c8)ccc67)nc(-n6c7ccccc7c7ccccc76)n5)c4)c4c3oc3cc(-c5ccc6c(c5)oc5ccccc56)ccc34)nc(-n3c4ccccc4c4ccccc43)n2)cc1. The zero-order valence-electron chi connectivity index (χ0n) is 54.1. The molecule has 0 N–H and O–H groups in total. The summed E-state index contributed by atoms with van der Waals surface area (Å²) in [7, 11) is 0. The Morgan fingerprint density at radius 2 is 0.588 bits per heavy atom. The van der Waals surface area contributed by atoms with Gasteiger partial charge in [0.25, 0.3) is 0 Å². The Kier molecular flexibility index (Phi) is 11.9. The van der Waals surface area contributed by atoms with Gasteiger partial charge in [-0.25, -0.2) is 9.97 Å². The number of nitrogens with zero attached hydrogens (tertiary/aromatic N) is 8. The third-order valence-corrected chi connectivity index (χ3v) is 20.3. The molecule has 474 valence electrons. The molecule has 0 fully saturated rings. The fourth-order valence-electron chi connectivity index (χ4n) is 15.6. The van der Waals surface area contributed by atoms with Crippen LogP contribution in [-0.4, -0.2) is 39.0 Å². The summed E-state index contributed by atoms with van der Waals surface area (Å²) in [5, 5.41) is 12.4. The Morgan fingerprint density at radius 3 is 1.21 bits per heavy atom. The van der Waals surface area contributed by atoms with Gasteiger partial charge >= 0.3 is 0 Å². The van der Waals surface area contributed by atoms with Crippen molar-refractivity contribution in [2.75, 3.05) is 0 Å². The molecule has 0 aliphatic carbocycles. The molecular formula is C90H50N8O4. The van der Waals surface area contributed by atoms with Crippen LogP contribution in [0.4, 0.5) is 0 Å². The highest BCUT2D eigenvalue weighted by Crippen LogP contribution is 2.46. The number of hydrogen-bond donors (Lipinski definition) is 0. The maximum Gasteiger partial charge on any atom is 0.238 e. The van der Waals surface area contributed by atoms with E-state index in [-0.39, 0.29) is 0 Å². The summed E-state index contributed by atoms with van der Waals surface area (Å²) < 4.78 is 31.3. The van der Waals surface area contributed by atoms with Crippen LogP contribution in [0.25, 0.3) is 222 Å². The minimum atomic E-state index is 0.456. The topological polar surface area (TPSA) is 140 Å². The number of rotatable bonds is 9. The van der Waals surface area contributed by atoms with Gasteiger partial charge < -0.3 is 17.7 Å². The lowest BCUT2D eigenvalue weighted by Crippen LogP contribution is -2.06.